The summed E-state index contributed by atoms with van der Waals surface area (Å²) in [5.41, 5.74) is 2.21. The highest BCUT2D eigenvalue weighted by molar-refractivity contribution is 8.03. The van der Waals surface area contributed by atoms with Crippen LogP contribution in [0.1, 0.15) is 63.1 Å². The Kier molecular flexibility index (Phi) is 6.31. The van der Waals surface area contributed by atoms with E-state index in [1.165, 1.54) is 24.2 Å². The lowest BCUT2D eigenvalue weighted by Crippen LogP contribution is -2.35. The number of hydrogen-bond donors (Lipinski definition) is 0. The monoisotopic (exact) mass is 441 g/mol. The molecule has 0 N–H and O–H groups in total. The Balaban J connectivity index is 1.90. The molecule has 4 rings (SSSR count). The maximum Gasteiger partial charge on any atom is 0.264 e. The van der Waals surface area contributed by atoms with Gasteiger partial charge in [-0.1, -0.05) is 80.8 Å². The Morgan fingerprint density at radius 3 is 2.30 bits per heavy atom. The Hall–Kier alpha value is -1.72. The number of thioether (sulfide) groups is 1. The minimum atomic E-state index is -3.67. The van der Waals surface area contributed by atoms with Crippen LogP contribution in [0.3, 0.4) is 0 Å². The molecule has 1 aliphatic carbocycles. The van der Waals surface area contributed by atoms with Gasteiger partial charge in [-0.3, -0.25) is 4.31 Å². The van der Waals surface area contributed by atoms with Crippen LogP contribution in [0.4, 0.5) is 0 Å². The van der Waals surface area contributed by atoms with E-state index in [1.54, 1.807) is 28.2 Å². The zero-order valence-corrected chi connectivity index (χ0v) is 19.7. The van der Waals surface area contributed by atoms with E-state index in [1.807, 2.05) is 31.3 Å². The van der Waals surface area contributed by atoms with Crippen molar-refractivity contribution in [2.75, 3.05) is 0 Å². The first-order valence-corrected chi connectivity index (χ1v) is 13.2. The van der Waals surface area contributed by atoms with Crippen LogP contribution in [0.15, 0.2) is 69.4 Å². The predicted octanol–water partition coefficient (Wildman–Crippen LogP) is 6.91. The molecule has 0 bridgehead atoms. The predicted molar refractivity (Wildman–Crippen MR) is 125 cm³/mol. The first kappa shape index (κ1) is 21.5. The second-order valence-electron chi connectivity index (χ2n) is 8.82. The lowest BCUT2D eigenvalue weighted by molar-refractivity contribution is 0.225. The minimum Gasteiger partial charge on any atom is -0.265 e. The second-order valence-corrected chi connectivity index (χ2v) is 11.8. The number of allylic oxidation sites excluding steroid dienone is 1. The molecule has 0 saturated heterocycles. The quantitative estimate of drug-likeness (QED) is 0.517. The van der Waals surface area contributed by atoms with Gasteiger partial charge >= 0.3 is 0 Å². The fourth-order valence-corrected chi connectivity index (χ4v) is 7.28. The topological polar surface area (TPSA) is 37.4 Å². The summed E-state index contributed by atoms with van der Waals surface area (Å²) in [7, 11) is -3.67. The molecule has 0 radical (unpaired) electrons. The van der Waals surface area contributed by atoms with E-state index in [9.17, 15) is 8.42 Å². The molecule has 1 aliphatic heterocycles. The van der Waals surface area contributed by atoms with Crippen molar-refractivity contribution >= 4 is 21.8 Å². The molecule has 1 saturated carbocycles. The van der Waals surface area contributed by atoms with Crippen molar-refractivity contribution < 1.29 is 8.42 Å². The summed E-state index contributed by atoms with van der Waals surface area (Å²) >= 11 is 1.73. The maximum atomic E-state index is 14.0. The summed E-state index contributed by atoms with van der Waals surface area (Å²) in [6.07, 6.45) is 7.69. The van der Waals surface area contributed by atoms with Crippen molar-refractivity contribution in [1.29, 1.82) is 0 Å². The fourth-order valence-electron chi connectivity index (χ4n) is 4.54. The Labute approximate surface area is 185 Å². The molecular weight excluding hydrogens is 410 g/mol. The first-order chi connectivity index (χ1) is 14.4. The van der Waals surface area contributed by atoms with Crippen LogP contribution in [0.2, 0.25) is 0 Å². The number of aryl methyl sites for hydroxylation is 1. The highest BCUT2D eigenvalue weighted by Gasteiger charge is 2.39. The van der Waals surface area contributed by atoms with Gasteiger partial charge in [-0.25, -0.2) is 8.42 Å². The average molecular weight is 442 g/mol. The standard InChI is InChI=1S/C25H31NO2S2/c1-18(2)24-17-26(30(27,28)21-15-13-19(3)14-16-21)25(20-9-5-4-6-10-20)22-11-7-8-12-23(22)29-24/h7-8,11-18,20,25H,4-6,9-10H2,1-3H3/t25-/m1/s1. The number of nitrogens with zero attached hydrogens (tertiary/aromatic N) is 1. The van der Waals surface area contributed by atoms with Crippen molar-refractivity contribution in [3.8, 4) is 0 Å². The van der Waals surface area contributed by atoms with Crippen molar-refractivity contribution in [3.05, 3.63) is 70.8 Å². The number of benzene rings is 2. The van der Waals surface area contributed by atoms with E-state index in [4.69, 9.17) is 0 Å². The lowest BCUT2D eigenvalue weighted by Gasteiger charge is -2.37. The molecule has 30 heavy (non-hydrogen) atoms. The molecule has 0 aromatic heterocycles. The van der Waals surface area contributed by atoms with Crippen molar-refractivity contribution in [1.82, 2.24) is 4.31 Å². The van der Waals surface area contributed by atoms with E-state index < -0.39 is 10.0 Å². The lowest BCUT2D eigenvalue weighted by atomic mass is 9.81. The van der Waals surface area contributed by atoms with E-state index >= 15 is 0 Å². The smallest absolute Gasteiger partial charge is 0.264 e. The van der Waals surface area contributed by atoms with Gasteiger partial charge in [0.15, 0.2) is 0 Å². The van der Waals surface area contributed by atoms with Crippen molar-refractivity contribution in [2.24, 2.45) is 11.8 Å². The SMILES string of the molecule is Cc1ccc(S(=O)(=O)N2C=C(C(C)C)Sc3ccccc3[C@H]2C2CCCCC2)cc1. The van der Waals surface area contributed by atoms with Crippen molar-refractivity contribution in [2.45, 2.75) is 68.7 Å². The summed E-state index contributed by atoms with van der Waals surface area (Å²) in [6.45, 7) is 6.26. The first-order valence-electron chi connectivity index (χ1n) is 11.0. The third-order valence-electron chi connectivity index (χ3n) is 6.26. The largest absolute Gasteiger partial charge is 0.265 e. The Morgan fingerprint density at radius 1 is 0.967 bits per heavy atom. The molecule has 0 spiro atoms. The van der Waals surface area contributed by atoms with Gasteiger partial charge in [-0.05, 0) is 55.4 Å². The van der Waals surface area contributed by atoms with Crippen LogP contribution in [0.5, 0.6) is 0 Å². The summed E-state index contributed by atoms with van der Waals surface area (Å²) in [6, 6.07) is 15.5. The molecule has 3 nitrogen and oxygen atoms in total. The van der Waals surface area contributed by atoms with Crippen molar-refractivity contribution in [3.63, 3.8) is 0 Å². The molecule has 0 amide bonds. The molecular formula is C25H31NO2S2. The molecule has 1 atom stereocenters. The van der Waals surface area contributed by atoms with Crippen LogP contribution in [-0.4, -0.2) is 12.7 Å². The van der Waals surface area contributed by atoms with Gasteiger partial charge in [0, 0.05) is 16.0 Å². The summed E-state index contributed by atoms with van der Waals surface area (Å²) in [5.74, 6) is 0.590. The van der Waals surface area contributed by atoms with E-state index in [-0.39, 0.29) is 12.0 Å². The molecule has 0 unspecified atom stereocenters. The third kappa shape index (κ3) is 4.19. The molecule has 2 aromatic rings. The van der Waals surface area contributed by atoms with Crippen LogP contribution in [0.25, 0.3) is 0 Å². The minimum absolute atomic E-state index is 0.156. The van der Waals surface area contributed by atoms with E-state index in [2.05, 4.69) is 32.0 Å². The molecule has 1 fully saturated rings. The summed E-state index contributed by atoms with van der Waals surface area (Å²) < 4.78 is 29.6. The number of rotatable bonds is 4. The van der Waals surface area contributed by atoms with Crippen LogP contribution in [0, 0.1) is 18.8 Å². The van der Waals surface area contributed by atoms with Gasteiger partial charge in [-0.2, -0.15) is 0 Å². The van der Waals surface area contributed by atoms with Gasteiger partial charge < -0.3 is 0 Å². The number of fused-ring (bicyclic) bond motifs is 1. The Bertz CT molecular complexity index is 1020. The summed E-state index contributed by atoms with van der Waals surface area (Å²) in [5, 5.41) is 0. The van der Waals surface area contributed by atoms with Gasteiger partial charge in [0.25, 0.3) is 10.0 Å². The molecule has 5 heteroatoms. The average Bonchev–Trinajstić information content (AvgIpc) is 2.92. The third-order valence-corrected chi connectivity index (χ3v) is 9.42. The number of hydrogen-bond acceptors (Lipinski definition) is 3. The van der Waals surface area contributed by atoms with Gasteiger partial charge in [0.1, 0.15) is 0 Å². The molecule has 1 heterocycles. The highest BCUT2D eigenvalue weighted by atomic mass is 32.2. The normalized spacial score (nSPS) is 20.6. The van der Waals surface area contributed by atoms with Gasteiger partial charge in [0.2, 0.25) is 0 Å². The summed E-state index contributed by atoms with van der Waals surface area (Å²) in [4.78, 5) is 2.66. The number of sulfonamides is 1. The van der Waals surface area contributed by atoms with Gasteiger partial charge in [-0.15, -0.1) is 0 Å². The maximum absolute atomic E-state index is 14.0. The van der Waals surface area contributed by atoms with Gasteiger partial charge in [0.05, 0.1) is 10.9 Å². The highest BCUT2D eigenvalue weighted by Crippen LogP contribution is 2.48. The zero-order valence-electron chi connectivity index (χ0n) is 18.0. The molecule has 2 aromatic carbocycles. The second kappa shape index (κ2) is 8.80. The fraction of sp³-hybridized carbons (Fsp3) is 0.440. The van der Waals surface area contributed by atoms with Crippen LogP contribution < -0.4 is 0 Å². The van der Waals surface area contributed by atoms with Crippen LogP contribution >= 0.6 is 11.8 Å². The molecule has 2 aliphatic rings. The zero-order chi connectivity index (χ0) is 21.3. The van der Waals surface area contributed by atoms with E-state index in [0.29, 0.717) is 10.8 Å². The molecule has 160 valence electrons. The Morgan fingerprint density at radius 2 is 1.63 bits per heavy atom. The van der Waals surface area contributed by atoms with E-state index in [0.717, 1.165) is 28.9 Å². The van der Waals surface area contributed by atoms with Crippen LogP contribution in [-0.2, 0) is 10.0 Å².